The van der Waals surface area contributed by atoms with Crippen LogP contribution in [0.25, 0.3) is 5.69 Å². The predicted molar refractivity (Wildman–Crippen MR) is 157 cm³/mol. The number of rotatable bonds is 7. The van der Waals surface area contributed by atoms with E-state index in [2.05, 4.69) is 20.2 Å². The summed E-state index contributed by atoms with van der Waals surface area (Å²) in [7, 11) is 0. The molecule has 1 saturated heterocycles. The quantitative estimate of drug-likeness (QED) is 0.371. The number of nitrogens with zero attached hydrogens (tertiary/aromatic N) is 5. The second-order valence-corrected chi connectivity index (χ2v) is 10.5. The van der Waals surface area contributed by atoms with Gasteiger partial charge in [-0.25, -0.2) is 14.0 Å². The molecule has 0 bridgehead atoms. The van der Waals surface area contributed by atoms with E-state index in [4.69, 9.17) is 9.47 Å². The largest absolute Gasteiger partial charge is 0.486 e. The van der Waals surface area contributed by atoms with Crippen molar-refractivity contribution < 1.29 is 14.3 Å². The number of anilines is 2. The number of hydrogen-bond donors (Lipinski definition) is 1. The SMILES string of the molecule is CC(C)n1ncn(-c2ccc(N3CCN(C(C(=O)Nc4ccc5c(c4)OCCO5)c4ccccc4)CC3)cc2)c1=O. The van der Waals surface area contributed by atoms with Gasteiger partial charge in [-0.15, -0.1) is 0 Å². The Morgan fingerprint density at radius 2 is 1.54 bits per heavy atom. The minimum Gasteiger partial charge on any atom is -0.486 e. The van der Waals surface area contributed by atoms with Crippen molar-refractivity contribution in [3.05, 3.63) is 95.2 Å². The maximum atomic E-state index is 13.7. The molecule has 41 heavy (non-hydrogen) atoms. The molecule has 0 aliphatic carbocycles. The average Bonchev–Trinajstić information content (AvgIpc) is 3.40. The molecule has 1 fully saturated rings. The number of carbonyl (C=O) groups excluding carboxylic acids is 1. The highest BCUT2D eigenvalue weighted by molar-refractivity contribution is 5.96. The normalized spacial score (nSPS) is 16.0. The molecule has 6 rings (SSSR count). The number of ether oxygens (including phenoxy) is 2. The van der Waals surface area contributed by atoms with Crippen LogP contribution >= 0.6 is 0 Å². The van der Waals surface area contributed by atoms with E-state index in [0.717, 1.165) is 43.1 Å². The minimum atomic E-state index is -0.432. The molecule has 2 aliphatic rings. The van der Waals surface area contributed by atoms with Crippen molar-refractivity contribution in [2.24, 2.45) is 0 Å². The molecule has 1 unspecified atom stereocenters. The zero-order valence-electron chi connectivity index (χ0n) is 23.3. The summed E-state index contributed by atoms with van der Waals surface area (Å²) >= 11 is 0. The summed E-state index contributed by atoms with van der Waals surface area (Å²) in [4.78, 5) is 30.9. The lowest BCUT2D eigenvalue weighted by Crippen LogP contribution is -2.50. The van der Waals surface area contributed by atoms with Crippen LogP contribution < -0.4 is 25.4 Å². The number of fused-ring (bicyclic) bond motifs is 1. The summed E-state index contributed by atoms with van der Waals surface area (Å²) in [6, 6.07) is 22.9. The van der Waals surface area contributed by atoms with Gasteiger partial charge in [-0.1, -0.05) is 30.3 Å². The summed E-state index contributed by atoms with van der Waals surface area (Å²) in [5.41, 5.74) is 3.34. The molecule has 3 aromatic carbocycles. The van der Waals surface area contributed by atoms with E-state index < -0.39 is 6.04 Å². The third kappa shape index (κ3) is 5.55. The number of piperazine rings is 1. The summed E-state index contributed by atoms with van der Waals surface area (Å²) in [6.45, 7) is 7.86. The van der Waals surface area contributed by atoms with Crippen LogP contribution in [-0.2, 0) is 4.79 Å². The van der Waals surface area contributed by atoms with Crippen LogP contribution in [0, 0.1) is 0 Å². The van der Waals surface area contributed by atoms with Gasteiger partial charge in [0.1, 0.15) is 25.6 Å². The fraction of sp³-hybridized carbons (Fsp3) is 0.323. The number of benzene rings is 3. The van der Waals surface area contributed by atoms with Gasteiger partial charge in [0.25, 0.3) is 0 Å². The molecule has 0 radical (unpaired) electrons. The number of carbonyl (C=O) groups is 1. The Bertz CT molecular complexity index is 1560. The number of nitrogens with one attached hydrogen (secondary N) is 1. The summed E-state index contributed by atoms with van der Waals surface area (Å²) in [5, 5.41) is 7.32. The maximum absolute atomic E-state index is 13.7. The Kier molecular flexibility index (Phi) is 7.47. The Balaban J connectivity index is 1.15. The zero-order chi connectivity index (χ0) is 28.3. The zero-order valence-corrected chi connectivity index (χ0v) is 23.3. The summed E-state index contributed by atoms with van der Waals surface area (Å²) in [6.07, 6.45) is 1.57. The third-order valence-electron chi connectivity index (χ3n) is 7.53. The smallest absolute Gasteiger partial charge is 0.350 e. The highest BCUT2D eigenvalue weighted by atomic mass is 16.6. The van der Waals surface area contributed by atoms with E-state index in [1.54, 1.807) is 10.9 Å². The van der Waals surface area contributed by atoms with Crippen molar-refractivity contribution in [2.45, 2.75) is 25.9 Å². The lowest BCUT2D eigenvalue weighted by molar-refractivity contribution is -0.121. The Hall–Kier alpha value is -4.57. The van der Waals surface area contributed by atoms with Gasteiger partial charge >= 0.3 is 5.69 Å². The van der Waals surface area contributed by atoms with Gasteiger partial charge in [-0.2, -0.15) is 5.10 Å². The Morgan fingerprint density at radius 1 is 0.854 bits per heavy atom. The number of aromatic nitrogens is 3. The fourth-order valence-electron chi connectivity index (χ4n) is 5.41. The molecule has 10 nitrogen and oxygen atoms in total. The molecule has 1 aromatic heterocycles. The first kappa shape index (κ1) is 26.6. The van der Waals surface area contributed by atoms with Crippen LogP contribution in [0.2, 0.25) is 0 Å². The third-order valence-corrected chi connectivity index (χ3v) is 7.53. The van der Waals surface area contributed by atoms with Crippen molar-refractivity contribution in [1.29, 1.82) is 0 Å². The van der Waals surface area contributed by atoms with Gasteiger partial charge < -0.3 is 19.7 Å². The highest BCUT2D eigenvalue weighted by Gasteiger charge is 2.31. The van der Waals surface area contributed by atoms with E-state index in [0.29, 0.717) is 30.4 Å². The molecule has 4 aromatic rings. The molecular formula is C31H34N6O4. The van der Waals surface area contributed by atoms with Crippen LogP contribution in [0.3, 0.4) is 0 Å². The fourth-order valence-corrected chi connectivity index (χ4v) is 5.41. The second kappa shape index (κ2) is 11.5. The first-order valence-corrected chi connectivity index (χ1v) is 14.0. The molecule has 10 heteroatoms. The van der Waals surface area contributed by atoms with Crippen LogP contribution in [-0.4, -0.2) is 64.5 Å². The van der Waals surface area contributed by atoms with E-state index >= 15 is 0 Å². The lowest BCUT2D eigenvalue weighted by Gasteiger charge is -2.39. The van der Waals surface area contributed by atoms with Crippen molar-refractivity contribution in [3.63, 3.8) is 0 Å². The van der Waals surface area contributed by atoms with Crippen molar-refractivity contribution in [1.82, 2.24) is 19.2 Å². The predicted octanol–water partition coefficient (Wildman–Crippen LogP) is 3.89. The first-order valence-electron chi connectivity index (χ1n) is 14.0. The van der Waals surface area contributed by atoms with E-state index in [1.807, 2.05) is 86.6 Å². The Morgan fingerprint density at radius 3 is 2.22 bits per heavy atom. The monoisotopic (exact) mass is 554 g/mol. The standard InChI is InChI=1S/C31H34N6O4/c1-22(2)37-31(39)36(21-32-37)26-11-9-25(10-12-26)34-14-16-35(17-15-34)29(23-6-4-3-5-7-23)30(38)33-24-8-13-27-28(20-24)41-19-18-40-27/h3-13,20-22,29H,14-19H2,1-2H3,(H,33,38). The summed E-state index contributed by atoms with van der Waals surface area (Å²) < 4.78 is 14.3. The van der Waals surface area contributed by atoms with Crippen molar-refractivity contribution >= 4 is 17.3 Å². The van der Waals surface area contributed by atoms with Gasteiger partial charge in [0.2, 0.25) is 5.91 Å². The molecule has 2 aliphatic heterocycles. The molecule has 0 spiro atoms. The van der Waals surface area contributed by atoms with E-state index in [9.17, 15) is 9.59 Å². The highest BCUT2D eigenvalue weighted by Crippen LogP contribution is 2.33. The first-order chi connectivity index (χ1) is 20.0. The molecule has 1 atom stereocenters. The van der Waals surface area contributed by atoms with Crippen LogP contribution in [0.15, 0.2) is 83.9 Å². The maximum Gasteiger partial charge on any atom is 0.350 e. The summed E-state index contributed by atoms with van der Waals surface area (Å²) in [5.74, 6) is 1.25. The number of hydrogen-bond acceptors (Lipinski definition) is 7. The van der Waals surface area contributed by atoms with Gasteiger partial charge in [0.15, 0.2) is 11.5 Å². The second-order valence-electron chi connectivity index (χ2n) is 10.5. The molecule has 212 valence electrons. The van der Waals surface area contributed by atoms with Gasteiger partial charge in [-0.05, 0) is 55.8 Å². The molecule has 0 saturated carbocycles. The lowest BCUT2D eigenvalue weighted by atomic mass is 10.0. The van der Waals surface area contributed by atoms with E-state index in [1.165, 1.54) is 4.68 Å². The topological polar surface area (TPSA) is 93.9 Å². The molecule has 3 heterocycles. The Labute approximate surface area is 238 Å². The number of amides is 1. The van der Waals surface area contributed by atoms with Crippen LogP contribution in [0.5, 0.6) is 11.5 Å². The van der Waals surface area contributed by atoms with Gasteiger partial charge in [-0.3, -0.25) is 9.69 Å². The van der Waals surface area contributed by atoms with Gasteiger partial charge in [0.05, 0.1) is 11.7 Å². The molecule has 1 N–H and O–H groups in total. The minimum absolute atomic E-state index is 0.00252. The average molecular weight is 555 g/mol. The van der Waals surface area contributed by atoms with Crippen LogP contribution in [0.1, 0.15) is 31.5 Å². The van der Waals surface area contributed by atoms with Crippen molar-refractivity contribution in [3.8, 4) is 17.2 Å². The van der Waals surface area contributed by atoms with Crippen molar-refractivity contribution in [2.75, 3.05) is 49.6 Å². The van der Waals surface area contributed by atoms with Gasteiger partial charge in [0, 0.05) is 43.6 Å². The molecular weight excluding hydrogens is 520 g/mol. The van der Waals surface area contributed by atoms with Crippen LogP contribution in [0.4, 0.5) is 11.4 Å². The molecule has 1 amide bonds. The van der Waals surface area contributed by atoms with E-state index in [-0.39, 0.29) is 17.6 Å².